The maximum atomic E-state index is 8.42. The van der Waals surface area contributed by atoms with E-state index < -0.39 is 0 Å². The van der Waals surface area contributed by atoms with Gasteiger partial charge in [-0.05, 0) is 32.4 Å². The molecule has 2 aromatic heterocycles. The van der Waals surface area contributed by atoms with E-state index in [9.17, 15) is 0 Å². The molecular formula is C22H30N4O. The Morgan fingerprint density at radius 1 is 1.33 bits per heavy atom. The molecule has 2 rings (SSSR count). The molecule has 5 nitrogen and oxygen atoms in total. The Kier molecular flexibility index (Phi) is 8.93. The molecule has 0 atom stereocenters. The molecule has 0 aliphatic rings. The number of pyridine rings is 1. The second kappa shape index (κ2) is 10.9. The highest BCUT2D eigenvalue weighted by atomic mass is 16.5. The molecule has 0 fully saturated rings. The van der Waals surface area contributed by atoms with E-state index in [0.29, 0.717) is 23.5 Å². The highest BCUT2D eigenvalue weighted by Gasteiger charge is 2.15. The first-order valence-electron chi connectivity index (χ1n) is 9.10. The van der Waals surface area contributed by atoms with Crippen molar-refractivity contribution in [2.24, 2.45) is 0 Å². The van der Waals surface area contributed by atoms with Crippen molar-refractivity contribution in [2.75, 3.05) is 5.73 Å². The second-order valence-corrected chi connectivity index (χ2v) is 6.20. The minimum atomic E-state index is 0.342. The van der Waals surface area contributed by atoms with Crippen molar-refractivity contribution in [3.63, 3.8) is 0 Å². The first-order chi connectivity index (χ1) is 12.9. The van der Waals surface area contributed by atoms with Gasteiger partial charge >= 0.3 is 0 Å². The maximum absolute atomic E-state index is 8.42. The lowest BCUT2D eigenvalue weighted by Gasteiger charge is -2.10. The SMILES string of the molecule is C=C/C=C(\C=C/C)CC(=N)c1cc(-c2c(C)noc2C)cnc1N.CCC. The van der Waals surface area contributed by atoms with E-state index in [1.54, 1.807) is 12.3 Å². The number of hydrogen-bond donors (Lipinski definition) is 2. The van der Waals surface area contributed by atoms with Crippen LogP contribution in [0.5, 0.6) is 0 Å². The summed E-state index contributed by atoms with van der Waals surface area (Å²) in [6.07, 6.45) is 10.9. The second-order valence-electron chi connectivity index (χ2n) is 6.20. The van der Waals surface area contributed by atoms with E-state index in [-0.39, 0.29) is 0 Å². The summed E-state index contributed by atoms with van der Waals surface area (Å²) in [5, 5.41) is 12.4. The Morgan fingerprint density at radius 3 is 2.52 bits per heavy atom. The quantitative estimate of drug-likeness (QED) is 0.499. The van der Waals surface area contributed by atoms with Gasteiger partial charge in [0.15, 0.2) is 0 Å². The first-order valence-corrected chi connectivity index (χ1v) is 9.10. The predicted octanol–water partition coefficient (Wildman–Crippen LogP) is 5.80. The first kappa shape index (κ1) is 22.1. The average Bonchev–Trinajstić information content (AvgIpc) is 2.95. The third-order valence-corrected chi connectivity index (χ3v) is 3.66. The number of nitrogens with two attached hydrogens (primary N) is 1. The number of allylic oxidation sites excluding steroid dienone is 5. The molecule has 0 amide bonds. The third kappa shape index (κ3) is 6.06. The third-order valence-electron chi connectivity index (χ3n) is 3.66. The fourth-order valence-electron chi connectivity index (χ4n) is 2.59. The Morgan fingerprint density at radius 2 is 2.00 bits per heavy atom. The molecule has 2 aromatic rings. The molecule has 0 bridgehead atoms. The van der Waals surface area contributed by atoms with Gasteiger partial charge in [0.05, 0.1) is 5.69 Å². The van der Waals surface area contributed by atoms with Crippen molar-refractivity contribution in [1.29, 1.82) is 5.41 Å². The van der Waals surface area contributed by atoms with Gasteiger partial charge in [0.25, 0.3) is 0 Å². The number of anilines is 1. The molecule has 0 aliphatic heterocycles. The Labute approximate surface area is 162 Å². The van der Waals surface area contributed by atoms with Crippen LogP contribution in [0.15, 0.2) is 53.2 Å². The van der Waals surface area contributed by atoms with Crippen LogP contribution in [-0.4, -0.2) is 15.9 Å². The summed E-state index contributed by atoms with van der Waals surface area (Å²) in [7, 11) is 0. The fraction of sp³-hybridized carbons (Fsp3) is 0.318. The Balaban J connectivity index is 0.00000114. The number of nitrogens with one attached hydrogen (secondary N) is 1. The van der Waals surface area contributed by atoms with E-state index in [2.05, 4.69) is 30.6 Å². The number of aromatic nitrogens is 2. The lowest BCUT2D eigenvalue weighted by Crippen LogP contribution is -2.07. The predicted molar refractivity (Wildman–Crippen MR) is 114 cm³/mol. The molecule has 0 aliphatic carbocycles. The van der Waals surface area contributed by atoms with Crippen molar-refractivity contribution in [1.82, 2.24) is 10.1 Å². The van der Waals surface area contributed by atoms with Crippen LogP contribution in [0.1, 0.15) is 50.6 Å². The summed E-state index contributed by atoms with van der Waals surface area (Å²) >= 11 is 0. The number of hydrogen-bond acceptors (Lipinski definition) is 5. The zero-order valence-corrected chi connectivity index (χ0v) is 17.0. The van der Waals surface area contributed by atoms with Crippen molar-refractivity contribution in [3.8, 4) is 11.1 Å². The van der Waals surface area contributed by atoms with Gasteiger partial charge < -0.3 is 15.7 Å². The summed E-state index contributed by atoms with van der Waals surface area (Å²) in [6, 6.07) is 1.87. The van der Waals surface area contributed by atoms with Crippen LogP contribution in [0, 0.1) is 19.3 Å². The molecule has 27 heavy (non-hydrogen) atoms. The average molecular weight is 367 g/mol. The summed E-state index contributed by atoms with van der Waals surface area (Å²) in [5.41, 5.74) is 10.5. The topological polar surface area (TPSA) is 88.8 Å². The zero-order valence-electron chi connectivity index (χ0n) is 17.0. The summed E-state index contributed by atoms with van der Waals surface area (Å²) < 4.78 is 5.22. The van der Waals surface area contributed by atoms with Gasteiger partial charge in [-0.15, -0.1) is 0 Å². The van der Waals surface area contributed by atoms with Crippen LogP contribution >= 0.6 is 0 Å². The van der Waals surface area contributed by atoms with Gasteiger partial charge in [-0.25, -0.2) is 4.98 Å². The van der Waals surface area contributed by atoms with Crippen molar-refractivity contribution < 1.29 is 4.52 Å². The minimum absolute atomic E-state index is 0.342. The molecular weight excluding hydrogens is 336 g/mol. The number of rotatable bonds is 6. The molecule has 0 radical (unpaired) electrons. The monoisotopic (exact) mass is 366 g/mol. The molecule has 144 valence electrons. The van der Waals surface area contributed by atoms with Gasteiger partial charge in [-0.3, -0.25) is 0 Å². The van der Waals surface area contributed by atoms with Crippen LogP contribution in [0.2, 0.25) is 0 Å². The van der Waals surface area contributed by atoms with E-state index >= 15 is 0 Å². The number of nitrogen functional groups attached to an aromatic ring is 1. The molecule has 2 heterocycles. The summed E-state index contributed by atoms with van der Waals surface area (Å²) in [6.45, 7) is 13.6. The summed E-state index contributed by atoms with van der Waals surface area (Å²) in [4.78, 5) is 4.25. The molecule has 0 unspecified atom stereocenters. The van der Waals surface area contributed by atoms with Crippen molar-refractivity contribution in [3.05, 3.63) is 65.7 Å². The van der Waals surface area contributed by atoms with Gasteiger partial charge in [0.1, 0.15) is 11.6 Å². The van der Waals surface area contributed by atoms with Crippen LogP contribution < -0.4 is 5.73 Å². The van der Waals surface area contributed by atoms with Gasteiger partial charge in [-0.2, -0.15) is 0 Å². The van der Waals surface area contributed by atoms with E-state index in [4.69, 9.17) is 15.7 Å². The van der Waals surface area contributed by atoms with Crippen LogP contribution in [0.25, 0.3) is 11.1 Å². The standard InChI is InChI=1S/C19H22N4O.C3H8/c1-5-7-14(8-6-2)9-17(20)16-10-15(11-22-19(16)21)18-12(3)23-24-13(18)4;1-3-2/h5-8,10-11,20H,1,9H2,2-4H3,(H2,21,22);3H2,1-2H3/b8-6-,14-7+,20-17?;. The van der Waals surface area contributed by atoms with Crippen molar-refractivity contribution >= 4 is 11.5 Å². The lowest BCUT2D eigenvalue weighted by atomic mass is 9.98. The van der Waals surface area contributed by atoms with Crippen LogP contribution in [0.3, 0.4) is 0 Å². The van der Waals surface area contributed by atoms with Gasteiger partial charge in [0, 0.05) is 35.0 Å². The molecule has 0 spiro atoms. The molecule has 0 saturated heterocycles. The van der Waals surface area contributed by atoms with Crippen molar-refractivity contribution in [2.45, 2.75) is 47.5 Å². The smallest absolute Gasteiger partial charge is 0.141 e. The normalized spacial score (nSPS) is 11.2. The van der Waals surface area contributed by atoms with E-state index in [1.807, 2.05) is 45.1 Å². The Bertz CT molecular complexity index is 824. The highest BCUT2D eigenvalue weighted by molar-refractivity contribution is 6.04. The van der Waals surface area contributed by atoms with Gasteiger partial charge in [0.2, 0.25) is 0 Å². The Hall–Kier alpha value is -2.95. The van der Waals surface area contributed by atoms with E-state index in [1.165, 1.54) is 6.42 Å². The largest absolute Gasteiger partial charge is 0.383 e. The number of nitrogens with zero attached hydrogens (tertiary/aromatic N) is 2. The molecule has 0 aromatic carbocycles. The molecule has 5 heteroatoms. The zero-order chi connectivity index (χ0) is 20.4. The van der Waals surface area contributed by atoms with E-state index in [0.717, 1.165) is 28.2 Å². The van der Waals surface area contributed by atoms with Crippen LogP contribution in [-0.2, 0) is 0 Å². The summed E-state index contributed by atoms with van der Waals surface area (Å²) in [5.74, 6) is 1.06. The minimum Gasteiger partial charge on any atom is -0.383 e. The molecule has 3 N–H and O–H groups in total. The van der Waals surface area contributed by atoms with Crippen LogP contribution in [0.4, 0.5) is 5.82 Å². The fourth-order valence-corrected chi connectivity index (χ4v) is 2.59. The molecule has 0 saturated carbocycles. The van der Waals surface area contributed by atoms with Gasteiger partial charge in [-0.1, -0.05) is 56.3 Å². The maximum Gasteiger partial charge on any atom is 0.141 e. The highest BCUT2D eigenvalue weighted by Crippen LogP contribution is 2.29. The lowest BCUT2D eigenvalue weighted by molar-refractivity contribution is 0.393. The number of aryl methyl sites for hydroxylation is 2.